The van der Waals surface area contributed by atoms with Crippen LogP contribution in [-0.2, 0) is 13.5 Å². The SMILES string of the molecule is C[C@@H]1c2ccc(F)cc2CCN1C(=O)c1c[nH]c2c(cnn2C)c1=O. The molecule has 25 heavy (non-hydrogen) atoms. The Morgan fingerprint density at radius 1 is 1.40 bits per heavy atom. The average Bonchev–Trinajstić information content (AvgIpc) is 2.97. The van der Waals surface area contributed by atoms with Gasteiger partial charge in [0.25, 0.3) is 5.91 Å². The highest BCUT2D eigenvalue weighted by Crippen LogP contribution is 2.30. The van der Waals surface area contributed by atoms with Crippen molar-refractivity contribution >= 4 is 16.9 Å². The first-order valence-corrected chi connectivity index (χ1v) is 8.10. The quantitative estimate of drug-likeness (QED) is 0.738. The molecule has 1 N–H and O–H groups in total. The molecule has 3 heterocycles. The maximum absolute atomic E-state index is 13.4. The summed E-state index contributed by atoms with van der Waals surface area (Å²) in [6.07, 6.45) is 3.47. The molecule has 0 bridgehead atoms. The highest BCUT2D eigenvalue weighted by molar-refractivity contribution is 5.97. The van der Waals surface area contributed by atoms with Crippen molar-refractivity contribution in [1.82, 2.24) is 19.7 Å². The number of halogens is 1. The Hall–Kier alpha value is -2.96. The number of rotatable bonds is 1. The summed E-state index contributed by atoms with van der Waals surface area (Å²) in [6.45, 7) is 2.34. The number of benzene rings is 1. The number of H-pyrrole nitrogens is 1. The zero-order valence-electron chi connectivity index (χ0n) is 13.9. The molecule has 6 nitrogen and oxygen atoms in total. The Kier molecular flexibility index (Phi) is 3.45. The summed E-state index contributed by atoms with van der Waals surface area (Å²) < 4.78 is 15.0. The van der Waals surface area contributed by atoms with E-state index >= 15 is 0 Å². The first-order valence-electron chi connectivity index (χ1n) is 8.10. The number of aromatic amines is 1. The average molecular weight is 340 g/mol. The Morgan fingerprint density at radius 3 is 3.00 bits per heavy atom. The van der Waals surface area contributed by atoms with E-state index in [0.29, 0.717) is 24.0 Å². The first-order chi connectivity index (χ1) is 12.0. The molecule has 1 atom stereocenters. The summed E-state index contributed by atoms with van der Waals surface area (Å²) in [5.74, 6) is -0.598. The minimum Gasteiger partial charge on any atom is -0.345 e. The number of carbonyl (C=O) groups excluding carboxylic acids is 1. The molecule has 0 aliphatic carbocycles. The van der Waals surface area contributed by atoms with Crippen molar-refractivity contribution in [2.75, 3.05) is 6.54 Å². The van der Waals surface area contributed by atoms with Crippen LogP contribution in [0.5, 0.6) is 0 Å². The minimum absolute atomic E-state index is 0.0953. The van der Waals surface area contributed by atoms with Crippen LogP contribution in [0, 0.1) is 5.82 Å². The monoisotopic (exact) mass is 340 g/mol. The second-order valence-electron chi connectivity index (χ2n) is 6.33. The summed E-state index contributed by atoms with van der Waals surface area (Å²) in [5.41, 5.74) is 2.17. The van der Waals surface area contributed by atoms with Crippen molar-refractivity contribution in [2.24, 2.45) is 7.05 Å². The predicted molar refractivity (Wildman–Crippen MR) is 90.9 cm³/mol. The molecule has 7 heteroatoms. The van der Waals surface area contributed by atoms with Crippen LogP contribution in [-0.4, -0.2) is 32.1 Å². The summed E-state index contributed by atoms with van der Waals surface area (Å²) in [4.78, 5) is 30.2. The van der Waals surface area contributed by atoms with E-state index in [1.54, 1.807) is 22.7 Å². The molecule has 4 rings (SSSR count). The summed E-state index contributed by atoms with van der Waals surface area (Å²) in [7, 11) is 1.72. The number of fused-ring (bicyclic) bond motifs is 2. The molecule has 1 aromatic carbocycles. The third-order valence-corrected chi connectivity index (χ3v) is 4.92. The lowest BCUT2D eigenvalue weighted by Gasteiger charge is -2.35. The van der Waals surface area contributed by atoms with E-state index in [-0.39, 0.29) is 28.8 Å². The molecular formula is C18H17FN4O2. The van der Waals surface area contributed by atoms with Crippen molar-refractivity contribution in [3.63, 3.8) is 0 Å². The molecule has 0 fully saturated rings. The number of carbonyl (C=O) groups is 1. The van der Waals surface area contributed by atoms with Gasteiger partial charge in [-0.15, -0.1) is 0 Å². The molecule has 3 aromatic rings. The summed E-state index contributed by atoms with van der Waals surface area (Å²) >= 11 is 0. The number of hydrogen-bond donors (Lipinski definition) is 1. The lowest BCUT2D eigenvalue weighted by molar-refractivity contribution is 0.0676. The van der Waals surface area contributed by atoms with E-state index in [4.69, 9.17) is 0 Å². The van der Waals surface area contributed by atoms with E-state index in [1.807, 2.05) is 6.92 Å². The molecule has 0 saturated heterocycles. The predicted octanol–water partition coefficient (Wildman–Crippen LogP) is 2.16. The standard InChI is InChI=1S/C18H17FN4O2/c1-10-13-4-3-12(19)7-11(13)5-6-23(10)18(25)15-8-20-17-14(16(15)24)9-21-22(17)2/h3-4,7-10H,5-6H2,1-2H3,(H,20,24)/t10-/m1/s1. The molecule has 1 aliphatic rings. The van der Waals surface area contributed by atoms with E-state index in [2.05, 4.69) is 10.1 Å². The number of pyridine rings is 1. The Morgan fingerprint density at radius 2 is 2.20 bits per heavy atom. The fraction of sp³-hybridized carbons (Fsp3) is 0.278. The van der Waals surface area contributed by atoms with Gasteiger partial charge in [0, 0.05) is 19.8 Å². The number of aryl methyl sites for hydroxylation is 1. The van der Waals surface area contributed by atoms with E-state index in [9.17, 15) is 14.0 Å². The van der Waals surface area contributed by atoms with Crippen LogP contribution in [0.1, 0.15) is 34.5 Å². The number of hydrogen-bond acceptors (Lipinski definition) is 3. The first kappa shape index (κ1) is 15.6. The van der Waals surface area contributed by atoms with E-state index in [1.165, 1.54) is 24.5 Å². The van der Waals surface area contributed by atoms with Crippen LogP contribution in [0.4, 0.5) is 4.39 Å². The van der Waals surface area contributed by atoms with Crippen molar-refractivity contribution in [1.29, 1.82) is 0 Å². The van der Waals surface area contributed by atoms with Gasteiger partial charge in [0.1, 0.15) is 17.0 Å². The second kappa shape index (κ2) is 5.54. The normalized spacial score (nSPS) is 16.9. The number of aromatic nitrogens is 3. The van der Waals surface area contributed by atoms with Gasteiger partial charge in [0.2, 0.25) is 5.43 Å². The van der Waals surface area contributed by atoms with Gasteiger partial charge in [-0.25, -0.2) is 4.39 Å². The smallest absolute Gasteiger partial charge is 0.259 e. The lowest BCUT2D eigenvalue weighted by atomic mass is 9.93. The molecule has 0 radical (unpaired) electrons. The molecule has 0 unspecified atom stereocenters. The van der Waals surface area contributed by atoms with Gasteiger partial charge in [-0.2, -0.15) is 5.10 Å². The summed E-state index contributed by atoms with van der Waals surface area (Å²) in [5, 5.41) is 4.44. The molecule has 2 aromatic heterocycles. The van der Waals surface area contributed by atoms with Crippen LogP contribution in [0.15, 0.2) is 35.4 Å². The van der Waals surface area contributed by atoms with Crippen LogP contribution in [0.3, 0.4) is 0 Å². The Labute approximate surface area is 142 Å². The highest BCUT2D eigenvalue weighted by atomic mass is 19.1. The third-order valence-electron chi connectivity index (χ3n) is 4.92. The molecule has 0 saturated carbocycles. The number of amides is 1. The lowest BCUT2D eigenvalue weighted by Crippen LogP contribution is -2.40. The maximum Gasteiger partial charge on any atom is 0.259 e. The molecular weight excluding hydrogens is 323 g/mol. The zero-order valence-corrected chi connectivity index (χ0v) is 13.9. The largest absolute Gasteiger partial charge is 0.345 e. The Bertz CT molecular complexity index is 1050. The van der Waals surface area contributed by atoms with Gasteiger partial charge >= 0.3 is 0 Å². The van der Waals surface area contributed by atoms with Crippen molar-refractivity contribution in [2.45, 2.75) is 19.4 Å². The fourth-order valence-electron chi connectivity index (χ4n) is 3.52. The minimum atomic E-state index is -0.330. The zero-order chi connectivity index (χ0) is 17.7. The fourth-order valence-corrected chi connectivity index (χ4v) is 3.52. The second-order valence-corrected chi connectivity index (χ2v) is 6.33. The summed E-state index contributed by atoms with van der Waals surface area (Å²) in [6, 6.07) is 4.41. The van der Waals surface area contributed by atoms with Crippen LogP contribution >= 0.6 is 0 Å². The van der Waals surface area contributed by atoms with Crippen molar-refractivity contribution in [3.8, 4) is 0 Å². The Balaban J connectivity index is 1.73. The molecule has 1 amide bonds. The number of nitrogens with zero attached hydrogens (tertiary/aromatic N) is 3. The molecule has 128 valence electrons. The van der Waals surface area contributed by atoms with Gasteiger partial charge in [0.15, 0.2) is 0 Å². The van der Waals surface area contributed by atoms with E-state index < -0.39 is 0 Å². The van der Waals surface area contributed by atoms with Crippen LogP contribution < -0.4 is 5.43 Å². The maximum atomic E-state index is 13.4. The van der Waals surface area contributed by atoms with Gasteiger partial charge < -0.3 is 9.88 Å². The third kappa shape index (κ3) is 2.34. The van der Waals surface area contributed by atoms with Crippen LogP contribution in [0.25, 0.3) is 11.0 Å². The van der Waals surface area contributed by atoms with Gasteiger partial charge in [-0.05, 0) is 36.6 Å². The highest BCUT2D eigenvalue weighted by Gasteiger charge is 2.30. The van der Waals surface area contributed by atoms with Gasteiger partial charge in [0.05, 0.1) is 17.6 Å². The van der Waals surface area contributed by atoms with Crippen molar-refractivity contribution in [3.05, 3.63) is 63.3 Å². The van der Waals surface area contributed by atoms with Gasteiger partial charge in [-0.1, -0.05) is 6.07 Å². The van der Waals surface area contributed by atoms with E-state index in [0.717, 1.165) is 11.1 Å². The van der Waals surface area contributed by atoms with Crippen LogP contribution in [0.2, 0.25) is 0 Å². The topological polar surface area (TPSA) is 71.0 Å². The number of nitrogens with one attached hydrogen (secondary N) is 1. The molecule has 1 aliphatic heterocycles. The molecule has 0 spiro atoms. The van der Waals surface area contributed by atoms with Crippen molar-refractivity contribution < 1.29 is 9.18 Å². The van der Waals surface area contributed by atoms with Gasteiger partial charge in [-0.3, -0.25) is 14.3 Å².